The minimum Gasteiger partial charge on any atom is -0.354 e. The van der Waals surface area contributed by atoms with Crippen LogP contribution in [0.5, 0.6) is 0 Å². The smallest absolute Gasteiger partial charge is 0.171 e. The number of thiophene rings is 1. The first-order valence-electron chi connectivity index (χ1n) is 5.14. The SMILES string of the molecule is COC(OC)C(C)NC(C)c1cc(Br)cs1. The van der Waals surface area contributed by atoms with E-state index in [2.05, 4.69) is 46.5 Å². The van der Waals surface area contributed by atoms with E-state index >= 15 is 0 Å². The Balaban J connectivity index is 2.53. The first-order valence-corrected chi connectivity index (χ1v) is 6.81. The highest BCUT2D eigenvalue weighted by atomic mass is 79.9. The van der Waals surface area contributed by atoms with Gasteiger partial charge in [-0.2, -0.15) is 0 Å². The van der Waals surface area contributed by atoms with Crippen LogP contribution >= 0.6 is 27.3 Å². The maximum Gasteiger partial charge on any atom is 0.171 e. The lowest BCUT2D eigenvalue weighted by Crippen LogP contribution is -2.40. The summed E-state index contributed by atoms with van der Waals surface area (Å²) >= 11 is 5.19. The molecule has 3 nitrogen and oxygen atoms in total. The Morgan fingerprint density at radius 2 is 1.94 bits per heavy atom. The Labute approximate surface area is 109 Å². The summed E-state index contributed by atoms with van der Waals surface area (Å²) in [6.07, 6.45) is -0.217. The minimum atomic E-state index is -0.217. The van der Waals surface area contributed by atoms with E-state index in [0.29, 0.717) is 6.04 Å². The second-order valence-corrected chi connectivity index (χ2v) is 5.54. The van der Waals surface area contributed by atoms with Crippen LogP contribution in [0, 0.1) is 0 Å². The number of methoxy groups -OCH3 is 2. The Morgan fingerprint density at radius 3 is 2.38 bits per heavy atom. The van der Waals surface area contributed by atoms with Gasteiger partial charge >= 0.3 is 0 Å². The van der Waals surface area contributed by atoms with Gasteiger partial charge in [-0.25, -0.2) is 0 Å². The molecule has 2 unspecified atom stereocenters. The largest absolute Gasteiger partial charge is 0.354 e. The van der Waals surface area contributed by atoms with Gasteiger partial charge in [0.2, 0.25) is 0 Å². The Hall–Kier alpha value is 0.0600. The topological polar surface area (TPSA) is 30.5 Å². The van der Waals surface area contributed by atoms with Gasteiger partial charge in [0.15, 0.2) is 6.29 Å². The second-order valence-electron chi connectivity index (χ2n) is 3.68. The highest BCUT2D eigenvalue weighted by Gasteiger charge is 2.18. The summed E-state index contributed by atoms with van der Waals surface area (Å²) in [5, 5.41) is 5.54. The highest BCUT2D eigenvalue weighted by Crippen LogP contribution is 2.25. The Kier molecular flexibility index (Phi) is 5.92. The number of nitrogens with one attached hydrogen (secondary N) is 1. The zero-order chi connectivity index (χ0) is 12.1. The molecule has 0 aliphatic carbocycles. The molecule has 0 radical (unpaired) electrons. The quantitative estimate of drug-likeness (QED) is 0.819. The summed E-state index contributed by atoms with van der Waals surface area (Å²) in [7, 11) is 3.30. The van der Waals surface area contributed by atoms with Crippen LogP contribution < -0.4 is 5.32 Å². The van der Waals surface area contributed by atoms with E-state index in [-0.39, 0.29) is 12.3 Å². The Morgan fingerprint density at radius 1 is 1.31 bits per heavy atom. The second kappa shape index (κ2) is 6.71. The average Bonchev–Trinajstić information content (AvgIpc) is 2.66. The van der Waals surface area contributed by atoms with Crippen LogP contribution in [0.3, 0.4) is 0 Å². The molecule has 1 heterocycles. The summed E-state index contributed by atoms with van der Waals surface area (Å²) in [5.41, 5.74) is 0. The van der Waals surface area contributed by atoms with Gasteiger partial charge in [-0.15, -0.1) is 11.3 Å². The van der Waals surface area contributed by atoms with E-state index in [0.717, 1.165) is 4.47 Å². The van der Waals surface area contributed by atoms with Crippen molar-refractivity contribution in [2.45, 2.75) is 32.2 Å². The van der Waals surface area contributed by atoms with Crippen molar-refractivity contribution < 1.29 is 9.47 Å². The molecule has 5 heteroatoms. The van der Waals surface area contributed by atoms with Gasteiger partial charge in [0, 0.05) is 35.0 Å². The summed E-state index contributed by atoms with van der Waals surface area (Å²) < 4.78 is 11.6. The van der Waals surface area contributed by atoms with Gasteiger partial charge in [0.05, 0.1) is 6.04 Å². The molecular weight excluding hydrogens is 290 g/mol. The van der Waals surface area contributed by atoms with Crippen molar-refractivity contribution in [3.63, 3.8) is 0 Å². The molecule has 0 aromatic carbocycles. The third-order valence-electron chi connectivity index (χ3n) is 2.40. The van der Waals surface area contributed by atoms with Gasteiger partial charge in [0.1, 0.15) is 0 Å². The van der Waals surface area contributed by atoms with Gasteiger partial charge < -0.3 is 14.8 Å². The van der Waals surface area contributed by atoms with E-state index < -0.39 is 0 Å². The van der Waals surface area contributed by atoms with Crippen molar-refractivity contribution >= 4 is 27.3 Å². The third-order valence-corrected chi connectivity index (χ3v) is 4.28. The predicted molar refractivity (Wildman–Crippen MR) is 70.8 cm³/mol. The summed E-state index contributed by atoms with van der Waals surface area (Å²) in [6.45, 7) is 4.19. The lowest BCUT2D eigenvalue weighted by molar-refractivity contribution is -0.120. The zero-order valence-electron chi connectivity index (χ0n) is 9.99. The fourth-order valence-electron chi connectivity index (χ4n) is 1.61. The molecule has 92 valence electrons. The molecule has 1 N–H and O–H groups in total. The molecule has 0 fully saturated rings. The van der Waals surface area contributed by atoms with Crippen molar-refractivity contribution in [2.75, 3.05) is 14.2 Å². The van der Waals surface area contributed by atoms with Crippen LogP contribution in [0.1, 0.15) is 24.8 Å². The number of hydrogen-bond donors (Lipinski definition) is 1. The van der Waals surface area contributed by atoms with Gasteiger partial charge in [0.25, 0.3) is 0 Å². The number of hydrogen-bond acceptors (Lipinski definition) is 4. The molecule has 2 atom stereocenters. The molecule has 1 rings (SSSR count). The first kappa shape index (κ1) is 14.1. The molecule has 0 aliphatic rings. The monoisotopic (exact) mass is 307 g/mol. The highest BCUT2D eigenvalue weighted by molar-refractivity contribution is 9.10. The molecule has 1 aromatic heterocycles. The maximum absolute atomic E-state index is 5.21. The van der Waals surface area contributed by atoms with Crippen molar-refractivity contribution in [2.24, 2.45) is 0 Å². The molecule has 0 amide bonds. The molecule has 0 spiro atoms. The van der Waals surface area contributed by atoms with Gasteiger partial charge in [-0.1, -0.05) is 0 Å². The lowest BCUT2D eigenvalue weighted by Gasteiger charge is -2.25. The van der Waals surface area contributed by atoms with Gasteiger partial charge in [-0.05, 0) is 35.8 Å². The third kappa shape index (κ3) is 3.82. The average molecular weight is 308 g/mol. The van der Waals surface area contributed by atoms with Crippen LogP contribution in [0.4, 0.5) is 0 Å². The molecular formula is C11H18BrNO2S. The Bertz CT molecular complexity index is 315. The van der Waals surface area contributed by atoms with Crippen molar-refractivity contribution in [3.8, 4) is 0 Å². The van der Waals surface area contributed by atoms with E-state index in [1.165, 1.54) is 4.88 Å². The van der Waals surface area contributed by atoms with E-state index in [1.807, 2.05) is 0 Å². The summed E-state index contributed by atoms with van der Waals surface area (Å²) in [5.74, 6) is 0. The van der Waals surface area contributed by atoms with Crippen molar-refractivity contribution in [1.82, 2.24) is 5.32 Å². The number of halogens is 1. The zero-order valence-corrected chi connectivity index (χ0v) is 12.4. The van der Waals surface area contributed by atoms with Gasteiger partial charge in [-0.3, -0.25) is 0 Å². The molecule has 1 aromatic rings. The fourth-order valence-corrected chi connectivity index (χ4v) is 3.08. The maximum atomic E-state index is 5.21. The summed E-state index contributed by atoms with van der Waals surface area (Å²) in [6, 6.07) is 2.56. The summed E-state index contributed by atoms with van der Waals surface area (Å²) in [4.78, 5) is 1.30. The molecule has 0 bridgehead atoms. The van der Waals surface area contributed by atoms with Crippen LogP contribution in [0.25, 0.3) is 0 Å². The molecule has 0 saturated heterocycles. The van der Waals surface area contributed by atoms with Crippen molar-refractivity contribution in [3.05, 3.63) is 20.8 Å². The number of rotatable bonds is 6. The molecule has 0 aliphatic heterocycles. The lowest BCUT2D eigenvalue weighted by atomic mass is 10.2. The molecule has 0 saturated carbocycles. The van der Waals surface area contributed by atoms with E-state index in [9.17, 15) is 0 Å². The molecule has 16 heavy (non-hydrogen) atoms. The van der Waals surface area contributed by atoms with Crippen LogP contribution in [0.2, 0.25) is 0 Å². The van der Waals surface area contributed by atoms with Crippen LogP contribution in [0.15, 0.2) is 15.9 Å². The van der Waals surface area contributed by atoms with E-state index in [4.69, 9.17) is 9.47 Å². The minimum absolute atomic E-state index is 0.144. The standard InChI is InChI=1S/C11H18BrNO2S/c1-7(10-5-9(12)6-16-10)13-8(2)11(14-3)15-4/h5-8,11,13H,1-4H3. The van der Waals surface area contributed by atoms with E-state index in [1.54, 1.807) is 25.6 Å². The normalized spacial score (nSPS) is 15.4. The van der Waals surface area contributed by atoms with Crippen LogP contribution in [-0.2, 0) is 9.47 Å². The predicted octanol–water partition coefficient (Wildman–Crippen LogP) is 3.17. The van der Waals surface area contributed by atoms with Crippen molar-refractivity contribution in [1.29, 1.82) is 0 Å². The first-order chi connectivity index (χ1) is 7.58. The van der Waals surface area contributed by atoms with Crippen LogP contribution in [-0.4, -0.2) is 26.6 Å². The number of ether oxygens (including phenoxy) is 2. The fraction of sp³-hybridized carbons (Fsp3) is 0.636.